The zero-order valence-electron chi connectivity index (χ0n) is 19.3. The number of ether oxygens (including phenoxy) is 1. The molecule has 1 aliphatic heterocycles. The van der Waals surface area contributed by atoms with Crippen LogP contribution in [-0.2, 0) is 22.5 Å². The Bertz CT molecular complexity index is 1100. The number of aromatic nitrogens is 2. The molecule has 0 bridgehead atoms. The largest absolute Gasteiger partial charge is 0.462 e. The van der Waals surface area contributed by atoms with Gasteiger partial charge in [-0.3, -0.25) is 4.79 Å². The zero-order valence-corrected chi connectivity index (χ0v) is 20.1. The summed E-state index contributed by atoms with van der Waals surface area (Å²) >= 11 is 1.47. The number of likely N-dealkylation sites (tertiary alicyclic amines) is 1. The number of nitrogens with zero attached hydrogens (tertiary/aromatic N) is 3. The van der Waals surface area contributed by atoms with Crippen LogP contribution in [0.1, 0.15) is 42.6 Å². The molecule has 7 heteroatoms. The number of thioether (sulfide) groups is 1. The van der Waals surface area contributed by atoms with Crippen molar-refractivity contribution in [3.05, 3.63) is 59.7 Å². The number of amides is 1. The van der Waals surface area contributed by atoms with Crippen LogP contribution in [0.3, 0.4) is 0 Å². The highest BCUT2D eigenvalue weighted by Gasteiger charge is 2.23. The molecule has 1 amide bonds. The molecular weight excluding hydrogens is 434 g/mol. The monoisotopic (exact) mass is 465 g/mol. The van der Waals surface area contributed by atoms with Gasteiger partial charge in [0, 0.05) is 19.6 Å². The smallest absolute Gasteiger partial charge is 0.338 e. The topological polar surface area (TPSA) is 64.4 Å². The van der Waals surface area contributed by atoms with Crippen molar-refractivity contribution in [1.82, 2.24) is 14.5 Å². The summed E-state index contributed by atoms with van der Waals surface area (Å²) < 4.78 is 7.19. The summed E-state index contributed by atoms with van der Waals surface area (Å²) in [6.45, 7) is 6.58. The molecule has 0 aliphatic carbocycles. The fourth-order valence-corrected chi connectivity index (χ4v) is 5.40. The molecule has 1 saturated heterocycles. The van der Waals surface area contributed by atoms with Gasteiger partial charge in [-0.25, -0.2) is 9.78 Å². The first-order chi connectivity index (χ1) is 16.1. The summed E-state index contributed by atoms with van der Waals surface area (Å²) in [5, 5.41) is 0.806. The molecule has 4 rings (SSSR count). The van der Waals surface area contributed by atoms with Crippen LogP contribution in [0.5, 0.6) is 0 Å². The van der Waals surface area contributed by atoms with Crippen LogP contribution in [0.4, 0.5) is 0 Å². The molecule has 33 heavy (non-hydrogen) atoms. The van der Waals surface area contributed by atoms with Crippen LogP contribution < -0.4 is 0 Å². The van der Waals surface area contributed by atoms with Crippen molar-refractivity contribution in [2.24, 2.45) is 5.92 Å². The van der Waals surface area contributed by atoms with E-state index in [0.29, 0.717) is 23.8 Å². The standard InChI is InChI=1S/C26H31N3O3S/c1-3-29-23-11-10-21(25(31)32-4-2)17-22(23)27-26(29)33-18-24(30)28-14-12-20(13-15-28)16-19-8-6-5-7-9-19/h5-11,17,20H,3-4,12-16,18H2,1-2H3. The summed E-state index contributed by atoms with van der Waals surface area (Å²) in [5.41, 5.74) is 3.58. The number of benzene rings is 2. The highest BCUT2D eigenvalue weighted by molar-refractivity contribution is 7.99. The Morgan fingerprint density at radius 2 is 1.85 bits per heavy atom. The van der Waals surface area contributed by atoms with E-state index in [1.807, 2.05) is 11.0 Å². The molecule has 0 N–H and O–H groups in total. The molecule has 0 saturated carbocycles. The maximum atomic E-state index is 12.9. The van der Waals surface area contributed by atoms with Gasteiger partial charge in [-0.15, -0.1) is 0 Å². The number of aryl methyl sites for hydroxylation is 1. The van der Waals surface area contributed by atoms with Crippen molar-refractivity contribution in [3.63, 3.8) is 0 Å². The number of hydrogen-bond acceptors (Lipinski definition) is 5. The van der Waals surface area contributed by atoms with Gasteiger partial charge in [-0.1, -0.05) is 42.1 Å². The van der Waals surface area contributed by atoms with Gasteiger partial charge in [0.05, 0.1) is 29.0 Å². The van der Waals surface area contributed by atoms with Crippen molar-refractivity contribution in [2.45, 2.75) is 44.8 Å². The number of rotatable bonds is 8. The average Bonchev–Trinajstić information content (AvgIpc) is 3.20. The minimum absolute atomic E-state index is 0.167. The number of hydrogen-bond donors (Lipinski definition) is 0. The molecule has 1 fully saturated rings. The van der Waals surface area contributed by atoms with Gasteiger partial charge in [0.1, 0.15) is 0 Å². The van der Waals surface area contributed by atoms with E-state index >= 15 is 0 Å². The lowest BCUT2D eigenvalue weighted by molar-refractivity contribution is -0.129. The number of esters is 1. The van der Waals surface area contributed by atoms with Crippen molar-refractivity contribution >= 4 is 34.7 Å². The fourth-order valence-electron chi connectivity index (χ4n) is 4.42. The Balaban J connectivity index is 1.35. The predicted molar refractivity (Wildman–Crippen MR) is 132 cm³/mol. The second-order valence-electron chi connectivity index (χ2n) is 8.37. The van der Waals surface area contributed by atoms with Gasteiger partial charge in [0.15, 0.2) is 5.16 Å². The Morgan fingerprint density at radius 3 is 2.55 bits per heavy atom. The molecule has 3 aromatic rings. The Labute approximate surface area is 199 Å². The van der Waals surface area contributed by atoms with Crippen LogP contribution in [0, 0.1) is 5.92 Å². The van der Waals surface area contributed by atoms with Crippen LogP contribution in [0.25, 0.3) is 11.0 Å². The summed E-state index contributed by atoms with van der Waals surface area (Å²) in [7, 11) is 0. The fraction of sp³-hybridized carbons (Fsp3) is 0.423. The molecular formula is C26H31N3O3S. The van der Waals surface area contributed by atoms with Gasteiger partial charge in [0.25, 0.3) is 0 Å². The van der Waals surface area contributed by atoms with E-state index in [1.165, 1.54) is 17.3 Å². The van der Waals surface area contributed by atoms with Crippen LogP contribution in [0.15, 0.2) is 53.7 Å². The third-order valence-corrected chi connectivity index (χ3v) is 7.16. The summed E-state index contributed by atoms with van der Waals surface area (Å²) in [6.07, 6.45) is 3.19. The van der Waals surface area contributed by atoms with Gasteiger partial charge < -0.3 is 14.2 Å². The highest BCUT2D eigenvalue weighted by Crippen LogP contribution is 2.27. The second-order valence-corrected chi connectivity index (χ2v) is 9.31. The molecule has 1 aliphatic rings. The first-order valence-corrected chi connectivity index (χ1v) is 12.7. The zero-order chi connectivity index (χ0) is 23.2. The number of fused-ring (bicyclic) bond motifs is 1. The predicted octanol–water partition coefficient (Wildman–Crippen LogP) is 4.81. The maximum Gasteiger partial charge on any atom is 0.338 e. The van der Waals surface area contributed by atoms with Gasteiger partial charge in [-0.2, -0.15) is 0 Å². The highest BCUT2D eigenvalue weighted by atomic mass is 32.2. The van der Waals surface area contributed by atoms with E-state index in [0.717, 1.165) is 55.1 Å². The lowest BCUT2D eigenvalue weighted by Crippen LogP contribution is -2.39. The summed E-state index contributed by atoms with van der Waals surface area (Å²) in [6, 6.07) is 16.0. The lowest BCUT2D eigenvalue weighted by atomic mass is 9.90. The van der Waals surface area contributed by atoms with Crippen LogP contribution >= 0.6 is 11.8 Å². The van der Waals surface area contributed by atoms with E-state index in [1.54, 1.807) is 19.1 Å². The van der Waals surface area contributed by atoms with E-state index in [-0.39, 0.29) is 11.9 Å². The van der Waals surface area contributed by atoms with Crippen molar-refractivity contribution in [3.8, 4) is 0 Å². The molecule has 0 radical (unpaired) electrons. The summed E-state index contributed by atoms with van der Waals surface area (Å²) in [4.78, 5) is 31.6. The number of piperidine rings is 1. The SMILES string of the molecule is CCOC(=O)c1ccc2c(c1)nc(SCC(=O)N1CCC(Cc3ccccc3)CC1)n2CC. The minimum atomic E-state index is -0.342. The Kier molecular flexibility index (Phi) is 7.70. The van der Waals surface area contributed by atoms with Gasteiger partial charge in [0.2, 0.25) is 5.91 Å². The van der Waals surface area contributed by atoms with E-state index in [4.69, 9.17) is 9.72 Å². The van der Waals surface area contributed by atoms with Gasteiger partial charge in [-0.05, 0) is 62.8 Å². The molecule has 2 heterocycles. The quantitative estimate of drug-likeness (QED) is 0.353. The van der Waals surface area contributed by atoms with E-state index < -0.39 is 0 Å². The summed E-state index contributed by atoms with van der Waals surface area (Å²) in [5.74, 6) is 0.838. The van der Waals surface area contributed by atoms with E-state index in [2.05, 4.69) is 41.8 Å². The Morgan fingerprint density at radius 1 is 1.09 bits per heavy atom. The number of carbonyl (C=O) groups is 2. The van der Waals surface area contributed by atoms with Crippen molar-refractivity contribution in [1.29, 1.82) is 0 Å². The molecule has 0 atom stereocenters. The molecule has 1 aromatic heterocycles. The molecule has 6 nitrogen and oxygen atoms in total. The molecule has 0 unspecified atom stereocenters. The molecule has 0 spiro atoms. The number of carbonyl (C=O) groups excluding carboxylic acids is 2. The normalized spacial score (nSPS) is 14.5. The second kappa shape index (κ2) is 10.9. The maximum absolute atomic E-state index is 12.9. The Hall–Kier alpha value is -2.80. The average molecular weight is 466 g/mol. The minimum Gasteiger partial charge on any atom is -0.462 e. The molecule has 2 aromatic carbocycles. The molecule has 174 valence electrons. The van der Waals surface area contributed by atoms with Crippen molar-refractivity contribution < 1.29 is 14.3 Å². The van der Waals surface area contributed by atoms with Crippen molar-refractivity contribution in [2.75, 3.05) is 25.4 Å². The first-order valence-electron chi connectivity index (χ1n) is 11.7. The first kappa shape index (κ1) is 23.4. The third-order valence-electron chi connectivity index (χ3n) is 6.20. The number of imidazole rings is 1. The van der Waals surface area contributed by atoms with E-state index in [9.17, 15) is 9.59 Å². The van der Waals surface area contributed by atoms with Gasteiger partial charge >= 0.3 is 5.97 Å². The third kappa shape index (κ3) is 5.58. The van der Waals surface area contributed by atoms with Crippen LogP contribution in [-0.4, -0.2) is 51.8 Å². The van der Waals surface area contributed by atoms with Crippen LogP contribution in [0.2, 0.25) is 0 Å². The lowest BCUT2D eigenvalue weighted by Gasteiger charge is -2.32.